The first-order valence-electron chi connectivity index (χ1n) is 6.52. The normalized spacial score (nSPS) is 24.1. The van der Waals surface area contributed by atoms with Crippen LogP contribution in [0.4, 0.5) is 4.39 Å². The number of hydrogen-bond donors (Lipinski definition) is 0. The van der Waals surface area contributed by atoms with Crippen molar-refractivity contribution in [1.82, 2.24) is 4.90 Å². The summed E-state index contributed by atoms with van der Waals surface area (Å²) in [7, 11) is 0. The van der Waals surface area contributed by atoms with Crippen LogP contribution in [-0.4, -0.2) is 23.9 Å². The first kappa shape index (κ1) is 13.1. The van der Waals surface area contributed by atoms with Crippen LogP contribution >= 0.6 is 0 Å². The Morgan fingerprint density at radius 2 is 1.89 bits per heavy atom. The molecule has 1 saturated heterocycles. The van der Waals surface area contributed by atoms with Crippen molar-refractivity contribution in [2.24, 2.45) is 11.8 Å². The van der Waals surface area contributed by atoms with Gasteiger partial charge in [-0.3, -0.25) is 4.79 Å². The number of likely N-dealkylation sites (tertiary alicyclic amines) is 1. The summed E-state index contributed by atoms with van der Waals surface area (Å²) in [5.41, 5.74) is 1.12. The maximum absolute atomic E-state index is 13.7. The third-order valence-corrected chi connectivity index (χ3v) is 3.51. The number of amides is 1. The maximum atomic E-state index is 13.7. The van der Waals surface area contributed by atoms with E-state index >= 15 is 0 Å². The molecule has 0 aromatic heterocycles. The zero-order chi connectivity index (χ0) is 13.3. The number of piperidine rings is 1. The van der Waals surface area contributed by atoms with Gasteiger partial charge in [-0.05, 0) is 37.3 Å². The molecule has 98 valence electrons. The molecule has 2 atom stereocenters. The Kier molecular flexibility index (Phi) is 3.69. The lowest BCUT2D eigenvalue weighted by Gasteiger charge is -2.35. The average Bonchev–Trinajstić information content (AvgIpc) is 2.30. The van der Waals surface area contributed by atoms with Crippen LogP contribution in [0.1, 0.15) is 36.2 Å². The highest BCUT2D eigenvalue weighted by molar-refractivity contribution is 5.94. The molecular formula is C15H20FNO. The molecule has 0 N–H and O–H groups in total. The first-order chi connectivity index (χ1) is 8.47. The van der Waals surface area contributed by atoms with Crippen LogP contribution in [-0.2, 0) is 0 Å². The highest BCUT2D eigenvalue weighted by atomic mass is 19.1. The number of benzene rings is 1. The summed E-state index contributed by atoms with van der Waals surface area (Å²) in [6.07, 6.45) is 1.14. The molecular weight excluding hydrogens is 229 g/mol. The molecule has 0 aliphatic carbocycles. The van der Waals surface area contributed by atoms with Gasteiger partial charge in [-0.2, -0.15) is 0 Å². The van der Waals surface area contributed by atoms with E-state index in [1.54, 1.807) is 17.0 Å². The van der Waals surface area contributed by atoms with Crippen molar-refractivity contribution in [3.05, 3.63) is 35.1 Å². The Bertz CT molecular complexity index is 448. The zero-order valence-electron chi connectivity index (χ0n) is 11.2. The number of nitrogens with zero attached hydrogens (tertiary/aromatic N) is 1. The van der Waals surface area contributed by atoms with E-state index in [1.807, 2.05) is 6.92 Å². The van der Waals surface area contributed by atoms with Crippen LogP contribution in [0.25, 0.3) is 0 Å². The molecule has 3 heteroatoms. The summed E-state index contributed by atoms with van der Waals surface area (Å²) in [4.78, 5) is 14.1. The maximum Gasteiger partial charge on any atom is 0.256 e. The minimum absolute atomic E-state index is 0.172. The predicted octanol–water partition coefficient (Wildman–Crippen LogP) is 3.25. The number of aryl methyl sites for hydroxylation is 1. The third-order valence-electron chi connectivity index (χ3n) is 3.51. The summed E-state index contributed by atoms with van der Waals surface area (Å²) in [6.45, 7) is 7.62. The molecule has 1 fully saturated rings. The fraction of sp³-hybridized carbons (Fsp3) is 0.533. The van der Waals surface area contributed by atoms with Crippen molar-refractivity contribution >= 4 is 5.91 Å². The minimum atomic E-state index is -0.420. The van der Waals surface area contributed by atoms with Gasteiger partial charge >= 0.3 is 0 Å². The SMILES string of the molecule is Cc1ccc(F)c(C(=O)N2CC(C)CC(C)C2)c1. The Morgan fingerprint density at radius 1 is 1.28 bits per heavy atom. The van der Waals surface area contributed by atoms with Crippen LogP contribution in [0.2, 0.25) is 0 Å². The van der Waals surface area contributed by atoms with Crippen molar-refractivity contribution in [2.75, 3.05) is 13.1 Å². The van der Waals surface area contributed by atoms with Crippen LogP contribution in [0.15, 0.2) is 18.2 Å². The summed E-state index contributed by atoms with van der Waals surface area (Å²) in [6, 6.07) is 4.70. The number of halogens is 1. The lowest BCUT2D eigenvalue weighted by molar-refractivity contribution is 0.0618. The van der Waals surface area contributed by atoms with Crippen molar-refractivity contribution in [2.45, 2.75) is 27.2 Å². The van der Waals surface area contributed by atoms with E-state index in [0.717, 1.165) is 25.1 Å². The van der Waals surface area contributed by atoms with E-state index < -0.39 is 5.82 Å². The number of carbonyl (C=O) groups is 1. The van der Waals surface area contributed by atoms with Crippen LogP contribution in [0, 0.1) is 24.6 Å². The van der Waals surface area contributed by atoms with Gasteiger partial charge in [0.25, 0.3) is 5.91 Å². The fourth-order valence-corrected chi connectivity index (χ4v) is 2.80. The monoisotopic (exact) mass is 249 g/mol. The molecule has 2 rings (SSSR count). The second kappa shape index (κ2) is 5.09. The fourth-order valence-electron chi connectivity index (χ4n) is 2.80. The topological polar surface area (TPSA) is 20.3 Å². The lowest BCUT2D eigenvalue weighted by atomic mass is 9.91. The molecule has 1 heterocycles. The average molecular weight is 249 g/mol. The summed E-state index contributed by atoms with van der Waals surface area (Å²) >= 11 is 0. The number of rotatable bonds is 1. The van der Waals surface area contributed by atoms with Crippen molar-refractivity contribution in [3.8, 4) is 0 Å². The second-order valence-electron chi connectivity index (χ2n) is 5.64. The molecule has 2 nitrogen and oxygen atoms in total. The van der Waals surface area contributed by atoms with E-state index in [1.165, 1.54) is 6.07 Å². The van der Waals surface area contributed by atoms with Gasteiger partial charge in [0.15, 0.2) is 0 Å². The predicted molar refractivity (Wildman–Crippen MR) is 70.0 cm³/mol. The molecule has 2 unspecified atom stereocenters. The second-order valence-corrected chi connectivity index (χ2v) is 5.64. The highest BCUT2D eigenvalue weighted by Gasteiger charge is 2.27. The van der Waals surface area contributed by atoms with E-state index in [4.69, 9.17) is 0 Å². The Morgan fingerprint density at radius 3 is 2.50 bits per heavy atom. The smallest absolute Gasteiger partial charge is 0.256 e. The van der Waals surface area contributed by atoms with Crippen LogP contribution in [0.5, 0.6) is 0 Å². The standard InChI is InChI=1S/C15H20FNO/c1-10-4-5-14(16)13(7-10)15(18)17-8-11(2)6-12(3)9-17/h4-5,7,11-12H,6,8-9H2,1-3H3. The molecule has 1 aliphatic heterocycles. The number of hydrogen-bond acceptors (Lipinski definition) is 1. The lowest BCUT2D eigenvalue weighted by Crippen LogP contribution is -2.42. The van der Waals surface area contributed by atoms with Crippen molar-refractivity contribution in [3.63, 3.8) is 0 Å². The van der Waals surface area contributed by atoms with Crippen LogP contribution in [0.3, 0.4) is 0 Å². The highest BCUT2D eigenvalue weighted by Crippen LogP contribution is 2.23. The quantitative estimate of drug-likeness (QED) is 0.748. The Hall–Kier alpha value is -1.38. The molecule has 0 saturated carbocycles. The molecule has 18 heavy (non-hydrogen) atoms. The molecule has 0 radical (unpaired) electrons. The molecule has 1 aromatic carbocycles. The minimum Gasteiger partial charge on any atom is -0.338 e. The van der Waals surface area contributed by atoms with Crippen molar-refractivity contribution < 1.29 is 9.18 Å². The first-order valence-corrected chi connectivity index (χ1v) is 6.52. The summed E-state index contributed by atoms with van der Waals surface area (Å²) in [5.74, 6) is 0.391. The number of carbonyl (C=O) groups excluding carboxylic acids is 1. The van der Waals surface area contributed by atoms with Gasteiger partial charge in [0, 0.05) is 13.1 Å². The van der Waals surface area contributed by atoms with Gasteiger partial charge in [0.2, 0.25) is 0 Å². The van der Waals surface area contributed by atoms with Gasteiger partial charge < -0.3 is 4.90 Å². The van der Waals surface area contributed by atoms with Gasteiger partial charge in [0.05, 0.1) is 5.56 Å². The zero-order valence-corrected chi connectivity index (χ0v) is 11.2. The molecule has 1 amide bonds. The molecule has 0 bridgehead atoms. The molecule has 1 aromatic rings. The van der Waals surface area contributed by atoms with Gasteiger partial charge in [-0.1, -0.05) is 25.5 Å². The summed E-state index contributed by atoms with van der Waals surface area (Å²) in [5, 5.41) is 0. The Balaban J connectivity index is 2.22. The van der Waals surface area contributed by atoms with Crippen molar-refractivity contribution in [1.29, 1.82) is 0 Å². The van der Waals surface area contributed by atoms with E-state index in [2.05, 4.69) is 13.8 Å². The Labute approximate surface area is 108 Å². The molecule has 0 spiro atoms. The summed E-state index contributed by atoms with van der Waals surface area (Å²) < 4.78 is 13.7. The van der Waals surface area contributed by atoms with Crippen LogP contribution < -0.4 is 0 Å². The largest absolute Gasteiger partial charge is 0.338 e. The third kappa shape index (κ3) is 2.71. The molecule has 1 aliphatic rings. The van der Waals surface area contributed by atoms with E-state index in [-0.39, 0.29) is 11.5 Å². The van der Waals surface area contributed by atoms with E-state index in [9.17, 15) is 9.18 Å². The van der Waals surface area contributed by atoms with Gasteiger partial charge in [-0.15, -0.1) is 0 Å². The van der Waals surface area contributed by atoms with E-state index in [0.29, 0.717) is 11.8 Å². The van der Waals surface area contributed by atoms with Gasteiger partial charge in [0.1, 0.15) is 5.82 Å². The van der Waals surface area contributed by atoms with Gasteiger partial charge in [-0.25, -0.2) is 4.39 Å².